The maximum Gasteiger partial charge on any atom is 0.422 e. The number of carbonyl (C=O) groups excluding carboxylic acids is 2. The van der Waals surface area contributed by atoms with Gasteiger partial charge in [-0.25, -0.2) is 9.59 Å². The van der Waals surface area contributed by atoms with Gasteiger partial charge >= 0.3 is 18.2 Å². The number of allylic oxidation sites excluding steroid dienone is 1. The van der Waals surface area contributed by atoms with Crippen LogP contribution in [0, 0.1) is 0 Å². The summed E-state index contributed by atoms with van der Waals surface area (Å²) in [5.41, 5.74) is 1.05. The van der Waals surface area contributed by atoms with E-state index in [4.69, 9.17) is 4.74 Å². The van der Waals surface area contributed by atoms with Gasteiger partial charge in [-0.2, -0.15) is 13.2 Å². The van der Waals surface area contributed by atoms with Crippen molar-refractivity contribution in [3.05, 3.63) is 41.1 Å². The van der Waals surface area contributed by atoms with Crippen LogP contribution < -0.4 is 15.4 Å². The normalized spacial score (nSPS) is 17.9. The number of rotatable bonds is 4. The molecule has 24 heavy (non-hydrogen) atoms. The van der Waals surface area contributed by atoms with Gasteiger partial charge in [-0.05, 0) is 24.6 Å². The van der Waals surface area contributed by atoms with Crippen LogP contribution in [0.4, 0.5) is 18.0 Å². The molecular weight excluding hydrogens is 329 g/mol. The fourth-order valence-electron chi connectivity index (χ4n) is 2.25. The summed E-state index contributed by atoms with van der Waals surface area (Å²) in [6, 6.07) is 4.33. The first-order valence-corrected chi connectivity index (χ1v) is 6.87. The highest BCUT2D eigenvalue weighted by molar-refractivity contribution is 5.94. The first-order valence-electron chi connectivity index (χ1n) is 6.87. The second-order valence-corrected chi connectivity index (χ2v) is 5.03. The van der Waals surface area contributed by atoms with Gasteiger partial charge in [0, 0.05) is 5.70 Å². The number of carbonyl (C=O) groups is 2. The number of halogens is 3. The van der Waals surface area contributed by atoms with E-state index < -0.39 is 30.8 Å². The predicted octanol–water partition coefficient (Wildman–Crippen LogP) is 2.43. The Kier molecular flexibility index (Phi) is 5.01. The highest BCUT2D eigenvalue weighted by Crippen LogP contribution is 2.29. The SMILES string of the molecule is COC(=O)C1=C(C)NC(=O)NC1c1ccc(OCC(F)(F)F)cc1. The Balaban J connectivity index is 2.24. The average Bonchev–Trinajstić information content (AvgIpc) is 2.51. The highest BCUT2D eigenvalue weighted by Gasteiger charge is 2.32. The zero-order chi connectivity index (χ0) is 17.9. The molecule has 2 rings (SSSR count). The molecule has 130 valence electrons. The molecule has 1 unspecified atom stereocenters. The Morgan fingerprint density at radius 2 is 1.88 bits per heavy atom. The van der Waals surface area contributed by atoms with Crippen LogP contribution in [-0.4, -0.2) is 31.9 Å². The quantitative estimate of drug-likeness (QED) is 0.823. The zero-order valence-electron chi connectivity index (χ0n) is 12.9. The highest BCUT2D eigenvalue weighted by atomic mass is 19.4. The van der Waals surface area contributed by atoms with Crippen LogP contribution >= 0.6 is 0 Å². The van der Waals surface area contributed by atoms with Crippen molar-refractivity contribution in [1.29, 1.82) is 0 Å². The summed E-state index contributed by atoms with van der Waals surface area (Å²) in [4.78, 5) is 23.6. The minimum absolute atomic E-state index is 0.0247. The number of alkyl halides is 3. The second kappa shape index (κ2) is 6.81. The maximum atomic E-state index is 12.1. The lowest BCUT2D eigenvalue weighted by molar-refractivity contribution is -0.153. The lowest BCUT2D eigenvalue weighted by Crippen LogP contribution is -2.45. The van der Waals surface area contributed by atoms with E-state index >= 15 is 0 Å². The molecule has 6 nitrogen and oxygen atoms in total. The third kappa shape index (κ3) is 4.18. The van der Waals surface area contributed by atoms with E-state index in [0.717, 1.165) is 0 Å². The summed E-state index contributed by atoms with van der Waals surface area (Å²) >= 11 is 0. The van der Waals surface area contributed by atoms with E-state index in [1.165, 1.54) is 31.4 Å². The van der Waals surface area contributed by atoms with Gasteiger partial charge in [-0.15, -0.1) is 0 Å². The van der Waals surface area contributed by atoms with Crippen molar-refractivity contribution in [2.75, 3.05) is 13.7 Å². The van der Waals surface area contributed by atoms with Crippen LogP contribution in [0.3, 0.4) is 0 Å². The number of urea groups is 1. The molecule has 0 aliphatic carbocycles. The van der Waals surface area contributed by atoms with Crippen LogP contribution in [0.15, 0.2) is 35.5 Å². The molecule has 1 aliphatic heterocycles. The smallest absolute Gasteiger partial charge is 0.422 e. The number of benzene rings is 1. The molecule has 1 atom stereocenters. The van der Waals surface area contributed by atoms with Gasteiger partial charge in [0.05, 0.1) is 18.7 Å². The minimum Gasteiger partial charge on any atom is -0.484 e. The van der Waals surface area contributed by atoms with Gasteiger partial charge in [0.2, 0.25) is 0 Å². The molecule has 1 aromatic rings. The van der Waals surface area contributed by atoms with Crippen molar-refractivity contribution in [2.24, 2.45) is 0 Å². The lowest BCUT2D eigenvalue weighted by atomic mass is 9.95. The van der Waals surface area contributed by atoms with E-state index in [2.05, 4.69) is 15.4 Å². The maximum absolute atomic E-state index is 12.1. The van der Waals surface area contributed by atoms with E-state index in [1.807, 2.05) is 0 Å². The number of esters is 1. The van der Waals surface area contributed by atoms with Gasteiger partial charge in [0.15, 0.2) is 6.61 Å². The van der Waals surface area contributed by atoms with Gasteiger partial charge in [0.1, 0.15) is 5.75 Å². The summed E-state index contributed by atoms with van der Waals surface area (Å²) in [6.45, 7) is 0.154. The third-order valence-electron chi connectivity index (χ3n) is 3.29. The van der Waals surface area contributed by atoms with Crippen molar-refractivity contribution in [2.45, 2.75) is 19.1 Å². The fraction of sp³-hybridized carbons (Fsp3) is 0.333. The molecule has 0 spiro atoms. The van der Waals surface area contributed by atoms with Crippen molar-refractivity contribution in [3.8, 4) is 5.75 Å². The van der Waals surface area contributed by atoms with Gasteiger partial charge < -0.3 is 20.1 Å². The van der Waals surface area contributed by atoms with Crippen molar-refractivity contribution < 1.29 is 32.2 Å². The second-order valence-electron chi connectivity index (χ2n) is 5.03. The van der Waals surface area contributed by atoms with Crippen molar-refractivity contribution >= 4 is 12.0 Å². The Labute approximate surface area is 135 Å². The van der Waals surface area contributed by atoms with Crippen molar-refractivity contribution in [3.63, 3.8) is 0 Å². The molecule has 1 heterocycles. The first-order chi connectivity index (χ1) is 11.2. The lowest BCUT2D eigenvalue weighted by Gasteiger charge is -2.27. The van der Waals surface area contributed by atoms with Gasteiger partial charge in [0.25, 0.3) is 0 Å². The molecule has 9 heteroatoms. The standard InChI is InChI=1S/C15H15F3N2O4/c1-8-11(13(21)23-2)12(20-14(22)19-8)9-3-5-10(6-4-9)24-7-15(16,17)18/h3-6,12H,7H2,1-2H3,(H2,19,20,22). The summed E-state index contributed by atoms with van der Waals surface area (Å²) in [6.07, 6.45) is -4.43. The Morgan fingerprint density at radius 3 is 2.42 bits per heavy atom. The Hall–Kier alpha value is -2.71. The monoisotopic (exact) mass is 344 g/mol. The van der Waals surface area contributed by atoms with Crippen LogP contribution in [0.2, 0.25) is 0 Å². The molecule has 2 N–H and O–H groups in total. The molecule has 1 aromatic carbocycles. The zero-order valence-corrected chi connectivity index (χ0v) is 12.9. The molecule has 0 saturated heterocycles. The first kappa shape index (κ1) is 17.6. The topological polar surface area (TPSA) is 76.7 Å². The summed E-state index contributed by atoms with van der Waals surface area (Å²) in [7, 11) is 1.21. The van der Waals surface area contributed by atoms with E-state index in [0.29, 0.717) is 11.3 Å². The molecule has 0 radical (unpaired) electrons. The van der Waals surface area contributed by atoms with E-state index in [-0.39, 0.29) is 11.3 Å². The van der Waals surface area contributed by atoms with E-state index in [1.54, 1.807) is 6.92 Å². The summed E-state index contributed by atoms with van der Waals surface area (Å²) in [5.74, 6) is -0.598. The summed E-state index contributed by atoms with van der Waals surface area (Å²) in [5, 5.41) is 5.05. The predicted molar refractivity (Wildman–Crippen MR) is 77.1 cm³/mol. The number of hydrogen-bond acceptors (Lipinski definition) is 4. The van der Waals surface area contributed by atoms with Crippen LogP contribution in [0.5, 0.6) is 5.75 Å². The van der Waals surface area contributed by atoms with Crippen LogP contribution in [0.25, 0.3) is 0 Å². The number of hydrogen-bond donors (Lipinski definition) is 2. The minimum atomic E-state index is -4.43. The van der Waals surface area contributed by atoms with Gasteiger partial charge in [-0.3, -0.25) is 0 Å². The van der Waals surface area contributed by atoms with Gasteiger partial charge in [-0.1, -0.05) is 12.1 Å². The van der Waals surface area contributed by atoms with Crippen molar-refractivity contribution in [1.82, 2.24) is 10.6 Å². The number of amides is 2. The summed E-state index contributed by atoms with van der Waals surface area (Å²) < 4.78 is 45.8. The molecule has 0 aromatic heterocycles. The molecule has 1 aliphatic rings. The Bertz CT molecular complexity index is 668. The molecular formula is C15H15F3N2O4. The molecule has 0 bridgehead atoms. The third-order valence-corrected chi connectivity index (χ3v) is 3.29. The van der Waals surface area contributed by atoms with Crippen LogP contribution in [-0.2, 0) is 9.53 Å². The molecule has 0 saturated carbocycles. The average molecular weight is 344 g/mol. The number of nitrogens with one attached hydrogen (secondary N) is 2. The number of ether oxygens (including phenoxy) is 2. The molecule has 2 amide bonds. The Morgan fingerprint density at radius 1 is 1.25 bits per heavy atom. The largest absolute Gasteiger partial charge is 0.484 e. The van der Waals surface area contributed by atoms with Crippen LogP contribution in [0.1, 0.15) is 18.5 Å². The number of methoxy groups -OCH3 is 1. The fourth-order valence-corrected chi connectivity index (χ4v) is 2.25. The van der Waals surface area contributed by atoms with E-state index in [9.17, 15) is 22.8 Å². The molecule has 0 fully saturated rings.